The fourth-order valence-corrected chi connectivity index (χ4v) is 1.40. The molecule has 1 rings (SSSR count). The SMILES string of the molecule is CC(C)N=Cc1cc(Cl)c(O)c(Cl)c1. The van der Waals surface area contributed by atoms with E-state index in [1.165, 1.54) is 0 Å². The van der Waals surface area contributed by atoms with Gasteiger partial charge in [-0.2, -0.15) is 0 Å². The molecule has 76 valence electrons. The number of halogens is 2. The number of hydrogen-bond donors (Lipinski definition) is 1. The van der Waals surface area contributed by atoms with Crippen LogP contribution in [0.5, 0.6) is 5.75 Å². The topological polar surface area (TPSA) is 32.6 Å². The summed E-state index contributed by atoms with van der Waals surface area (Å²) in [5.74, 6) is -0.0879. The van der Waals surface area contributed by atoms with Crippen LogP contribution >= 0.6 is 23.2 Å². The van der Waals surface area contributed by atoms with Crippen LogP contribution in [0.25, 0.3) is 0 Å². The molecule has 0 heterocycles. The van der Waals surface area contributed by atoms with Crippen molar-refractivity contribution in [3.8, 4) is 5.75 Å². The lowest BCUT2D eigenvalue weighted by molar-refractivity contribution is 0.476. The number of benzene rings is 1. The minimum absolute atomic E-state index is 0.0879. The van der Waals surface area contributed by atoms with E-state index in [9.17, 15) is 5.11 Å². The van der Waals surface area contributed by atoms with Gasteiger partial charge in [-0.05, 0) is 31.5 Å². The van der Waals surface area contributed by atoms with Crippen molar-refractivity contribution in [1.29, 1.82) is 0 Å². The van der Waals surface area contributed by atoms with E-state index in [1.54, 1.807) is 18.3 Å². The normalized spacial score (nSPS) is 11.5. The maximum absolute atomic E-state index is 9.30. The lowest BCUT2D eigenvalue weighted by atomic mass is 10.2. The standard InChI is InChI=1S/C10H11Cl2NO/c1-6(2)13-5-7-3-8(11)10(14)9(12)4-7/h3-6,14H,1-2H3. The van der Waals surface area contributed by atoms with Gasteiger partial charge in [0, 0.05) is 12.3 Å². The molecule has 1 aromatic rings. The van der Waals surface area contributed by atoms with Crippen LogP contribution in [-0.4, -0.2) is 17.4 Å². The van der Waals surface area contributed by atoms with Gasteiger partial charge < -0.3 is 5.11 Å². The molecule has 0 fully saturated rings. The Balaban J connectivity index is 3.01. The third-order valence-corrected chi connectivity index (χ3v) is 2.14. The molecule has 0 bridgehead atoms. The van der Waals surface area contributed by atoms with Gasteiger partial charge in [0.25, 0.3) is 0 Å². The molecule has 1 aromatic carbocycles. The summed E-state index contributed by atoms with van der Waals surface area (Å²) in [5, 5.41) is 9.78. The summed E-state index contributed by atoms with van der Waals surface area (Å²) in [7, 11) is 0. The predicted octanol–water partition coefficient (Wildman–Crippen LogP) is 3.53. The third kappa shape index (κ3) is 2.89. The summed E-state index contributed by atoms with van der Waals surface area (Å²) in [6.45, 7) is 3.94. The molecular formula is C10H11Cl2NO. The van der Waals surface area contributed by atoms with Crippen molar-refractivity contribution in [2.45, 2.75) is 19.9 Å². The third-order valence-electron chi connectivity index (χ3n) is 1.56. The van der Waals surface area contributed by atoms with Crippen LogP contribution in [0, 0.1) is 0 Å². The summed E-state index contributed by atoms with van der Waals surface area (Å²) < 4.78 is 0. The Morgan fingerprint density at radius 1 is 1.29 bits per heavy atom. The molecule has 0 amide bonds. The Kier molecular flexibility index (Phi) is 3.78. The van der Waals surface area contributed by atoms with Gasteiger partial charge in [-0.25, -0.2) is 0 Å². The van der Waals surface area contributed by atoms with E-state index in [2.05, 4.69) is 4.99 Å². The Morgan fingerprint density at radius 2 is 1.79 bits per heavy atom. The molecule has 0 spiro atoms. The molecule has 1 N–H and O–H groups in total. The van der Waals surface area contributed by atoms with E-state index in [1.807, 2.05) is 13.8 Å². The molecule has 0 aliphatic rings. The van der Waals surface area contributed by atoms with E-state index in [4.69, 9.17) is 23.2 Å². The number of hydrogen-bond acceptors (Lipinski definition) is 2. The smallest absolute Gasteiger partial charge is 0.152 e. The second-order valence-electron chi connectivity index (χ2n) is 3.21. The Labute approximate surface area is 93.2 Å². The maximum atomic E-state index is 9.30. The van der Waals surface area contributed by atoms with Gasteiger partial charge in [0.1, 0.15) is 0 Å². The first-order chi connectivity index (χ1) is 6.50. The Hall–Kier alpha value is -0.730. The Morgan fingerprint density at radius 3 is 2.21 bits per heavy atom. The summed E-state index contributed by atoms with van der Waals surface area (Å²) >= 11 is 11.5. The summed E-state index contributed by atoms with van der Waals surface area (Å²) in [6, 6.07) is 3.46. The first-order valence-corrected chi connectivity index (χ1v) is 4.97. The molecule has 0 aliphatic heterocycles. The van der Waals surface area contributed by atoms with E-state index in [0.717, 1.165) is 5.56 Å². The fourth-order valence-electron chi connectivity index (χ4n) is 0.895. The average Bonchev–Trinajstić information content (AvgIpc) is 2.10. The molecule has 0 saturated carbocycles. The van der Waals surface area contributed by atoms with Gasteiger partial charge in [0.15, 0.2) is 5.75 Å². The second kappa shape index (κ2) is 4.67. The molecule has 2 nitrogen and oxygen atoms in total. The van der Waals surface area contributed by atoms with Crippen molar-refractivity contribution in [1.82, 2.24) is 0 Å². The molecule has 0 radical (unpaired) electrons. The quantitative estimate of drug-likeness (QED) is 0.777. The van der Waals surface area contributed by atoms with Crippen molar-refractivity contribution in [2.24, 2.45) is 4.99 Å². The monoisotopic (exact) mass is 231 g/mol. The zero-order valence-corrected chi connectivity index (χ0v) is 9.47. The molecule has 0 saturated heterocycles. The Bertz CT molecular complexity index is 338. The minimum Gasteiger partial charge on any atom is -0.505 e. The fraction of sp³-hybridized carbons (Fsp3) is 0.300. The van der Waals surface area contributed by atoms with Crippen molar-refractivity contribution < 1.29 is 5.11 Å². The van der Waals surface area contributed by atoms with Gasteiger partial charge in [0.05, 0.1) is 10.0 Å². The van der Waals surface area contributed by atoms with Crippen molar-refractivity contribution in [3.05, 3.63) is 27.7 Å². The molecule has 0 aliphatic carbocycles. The molecule has 0 atom stereocenters. The largest absolute Gasteiger partial charge is 0.505 e. The molecule has 0 unspecified atom stereocenters. The highest BCUT2D eigenvalue weighted by atomic mass is 35.5. The van der Waals surface area contributed by atoms with Gasteiger partial charge in [-0.15, -0.1) is 0 Å². The summed E-state index contributed by atoms with van der Waals surface area (Å²) in [6.07, 6.45) is 1.68. The first-order valence-electron chi connectivity index (χ1n) is 4.22. The number of phenols is 1. The highest BCUT2D eigenvalue weighted by Gasteiger charge is 2.04. The van der Waals surface area contributed by atoms with E-state index >= 15 is 0 Å². The van der Waals surface area contributed by atoms with Crippen LogP contribution in [0.2, 0.25) is 10.0 Å². The summed E-state index contributed by atoms with van der Waals surface area (Å²) in [4.78, 5) is 4.18. The lowest BCUT2D eigenvalue weighted by Crippen LogP contribution is -1.90. The zero-order chi connectivity index (χ0) is 10.7. The van der Waals surface area contributed by atoms with Crippen LogP contribution < -0.4 is 0 Å². The molecule has 14 heavy (non-hydrogen) atoms. The van der Waals surface area contributed by atoms with Crippen LogP contribution in [0.4, 0.5) is 0 Å². The van der Waals surface area contributed by atoms with Gasteiger partial charge in [-0.3, -0.25) is 4.99 Å². The average molecular weight is 232 g/mol. The first kappa shape index (κ1) is 11.3. The van der Waals surface area contributed by atoms with E-state index < -0.39 is 0 Å². The number of nitrogens with zero attached hydrogens (tertiary/aromatic N) is 1. The van der Waals surface area contributed by atoms with Gasteiger partial charge in [-0.1, -0.05) is 23.2 Å². The van der Waals surface area contributed by atoms with Gasteiger partial charge in [0.2, 0.25) is 0 Å². The number of rotatable bonds is 2. The minimum atomic E-state index is -0.0879. The maximum Gasteiger partial charge on any atom is 0.152 e. The van der Waals surface area contributed by atoms with Crippen molar-refractivity contribution in [2.75, 3.05) is 0 Å². The molecular weight excluding hydrogens is 221 g/mol. The lowest BCUT2D eigenvalue weighted by Gasteiger charge is -2.01. The summed E-state index contributed by atoms with van der Waals surface area (Å²) in [5.41, 5.74) is 0.784. The van der Waals surface area contributed by atoms with Gasteiger partial charge >= 0.3 is 0 Å². The highest BCUT2D eigenvalue weighted by Crippen LogP contribution is 2.32. The van der Waals surface area contributed by atoms with E-state index in [0.29, 0.717) is 0 Å². The molecule has 0 aromatic heterocycles. The van der Waals surface area contributed by atoms with E-state index in [-0.39, 0.29) is 21.8 Å². The number of aliphatic imine (C=N–C) groups is 1. The number of aromatic hydroxyl groups is 1. The van der Waals surface area contributed by atoms with Crippen molar-refractivity contribution in [3.63, 3.8) is 0 Å². The molecule has 4 heteroatoms. The predicted molar refractivity (Wildman–Crippen MR) is 60.9 cm³/mol. The van der Waals surface area contributed by atoms with Crippen LogP contribution in [0.3, 0.4) is 0 Å². The highest BCUT2D eigenvalue weighted by molar-refractivity contribution is 6.37. The van der Waals surface area contributed by atoms with Crippen LogP contribution in [0.15, 0.2) is 17.1 Å². The second-order valence-corrected chi connectivity index (χ2v) is 4.02. The number of phenolic OH excluding ortho intramolecular Hbond substituents is 1. The van der Waals surface area contributed by atoms with Crippen LogP contribution in [-0.2, 0) is 0 Å². The van der Waals surface area contributed by atoms with Crippen LogP contribution in [0.1, 0.15) is 19.4 Å². The zero-order valence-electron chi connectivity index (χ0n) is 7.96. The van der Waals surface area contributed by atoms with Crippen molar-refractivity contribution >= 4 is 29.4 Å².